The summed E-state index contributed by atoms with van der Waals surface area (Å²) in [5.41, 5.74) is 1.94. The maximum absolute atomic E-state index is 4.72. The smallest absolute Gasteiger partial charge is 0.162 e. The molecule has 0 aromatic carbocycles. The summed E-state index contributed by atoms with van der Waals surface area (Å²) in [7, 11) is 0. The van der Waals surface area contributed by atoms with Gasteiger partial charge in [-0.25, -0.2) is 9.97 Å². The summed E-state index contributed by atoms with van der Waals surface area (Å²) in [6.45, 7) is 5.13. The number of hydrogen-bond acceptors (Lipinski definition) is 5. The van der Waals surface area contributed by atoms with Gasteiger partial charge in [0.2, 0.25) is 0 Å². The molecule has 0 saturated heterocycles. The molecule has 0 spiro atoms. The summed E-state index contributed by atoms with van der Waals surface area (Å²) in [5, 5.41) is 3.41. The second-order valence-corrected chi connectivity index (χ2v) is 6.73. The van der Waals surface area contributed by atoms with Crippen molar-refractivity contribution in [2.45, 2.75) is 20.3 Å². The van der Waals surface area contributed by atoms with Gasteiger partial charge in [0.15, 0.2) is 5.82 Å². The van der Waals surface area contributed by atoms with E-state index in [1.54, 1.807) is 23.7 Å². The molecule has 0 fully saturated rings. The lowest BCUT2D eigenvalue weighted by atomic mass is 10.2. The van der Waals surface area contributed by atoms with Gasteiger partial charge in [-0.2, -0.15) is 0 Å². The highest BCUT2D eigenvalue weighted by Crippen LogP contribution is 2.38. The number of anilines is 1. The minimum absolute atomic E-state index is 0.724. The van der Waals surface area contributed by atoms with Crippen LogP contribution in [0.2, 0.25) is 0 Å². The van der Waals surface area contributed by atoms with Crippen LogP contribution in [0.4, 0.5) is 5.82 Å². The normalized spacial score (nSPS) is 11.0. The lowest BCUT2D eigenvalue weighted by Crippen LogP contribution is -2.03. The Morgan fingerprint density at radius 3 is 2.71 bits per heavy atom. The standard InChI is InChI=1S/C15H15BrN4S/c1-3-6-18-15-13-12(11(16)9(2)21-13)19-14(20-15)10-4-7-17-8-5-10/h4-5,7-8H,3,6H2,1-2H3,(H,18,19,20). The molecule has 0 atom stereocenters. The van der Waals surface area contributed by atoms with Crippen molar-refractivity contribution in [2.75, 3.05) is 11.9 Å². The lowest BCUT2D eigenvalue weighted by molar-refractivity contribution is 0.971. The van der Waals surface area contributed by atoms with Gasteiger partial charge in [-0.05, 0) is 41.4 Å². The predicted octanol–water partition coefficient (Wildman–Crippen LogP) is 4.65. The third-order valence-electron chi connectivity index (χ3n) is 3.12. The van der Waals surface area contributed by atoms with Crippen LogP contribution in [0, 0.1) is 6.92 Å². The fourth-order valence-electron chi connectivity index (χ4n) is 2.05. The first kappa shape index (κ1) is 14.4. The Morgan fingerprint density at radius 2 is 2.00 bits per heavy atom. The average molecular weight is 363 g/mol. The van der Waals surface area contributed by atoms with Crippen LogP contribution in [0.25, 0.3) is 21.6 Å². The number of fused-ring (bicyclic) bond motifs is 1. The van der Waals surface area contributed by atoms with E-state index in [-0.39, 0.29) is 0 Å². The zero-order valence-corrected chi connectivity index (χ0v) is 14.3. The highest BCUT2D eigenvalue weighted by Gasteiger charge is 2.15. The van der Waals surface area contributed by atoms with Gasteiger partial charge >= 0.3 is 0 Å². The predicted molar refractivity (Wildman–Crippen MR) is 91.9 cm³/mol. The van der Waals surface area contributed by atoms with Crippen molar-refractivity contribution < 1.29 is 0 Å². The summed E-state index contributed by atoms with van der Waals surface area (Å²) in [6, 6.07) is 3.86. The summed E-state index contributed by atoms with van der Waals surface area (Å²) >= 11 is 5.35. The van der Waals surface area contributed by atoms with E-state index in [2.05, 4.69) is 40.1 Å². The first-order chi connectivity index (χ1) is 10.2. The third kappa shape index (κ3) is 2.78. The van der Waals surface area contributed by atoms with Gasteiger partial charge in [0.25, 0.3) is 0 Å². The molecule has 0 aliphatic carbocycles. The molecule has 4 nitrogen and oxygen atoms in total. The Hall–Kier alpha value is -1.53. The van der Waals surface area contributed by atoms with E-state index in [1.165, 1.54) is 4.88 Å². The van der Waals surface area contributed by atoms with E-state index in [4.69, 9.17) is 9.97 Å². The zero-order valence-electron chi connectivity index (χ0n) is 11.9. The highest BCUT2D eigenvalue weighted by atomic mass is 79.9. The van der Waals surface area contributed by atoms with E-state index >= 15 is 0 Å². The minimum Gasteiger partial charge on any atom is -0.369 e. The number of rotatable bonds is 4. The van der Waals surface area contributed by atoms with Crippen molar-refractivity contribution in [3.05, 3.63) is 33.9 Å². The highest BCUT2D eigenvalue weighted by molar-refractivity contribution is 9.10. The van der Waals surface area contributed by atoms with Crippen LogP contribution in [0.15, 0.2) is 29.0 Å². The van der Waals surface area contributed by atoms with E-state index in [9.17, 15) is 0 Å². The quantitative estimate of drug-likeness (QED) is 0.733. The molecule has 21 heavy (non-hydrogen) atoms. The van der Waals surface area contributed by atoms with Crippen molar-refractivity contribution in [3.63, 3.8) is 0 Å². The topological polar surface area (TPSA) is 50.7 Å². The molecule has 3 heterocycles. The van der Waals surface area contributed by atoms with Crippen molar-refractivity contribution >= 4 is 43.3 Å². The second-order valence-electron chi connectivity index (χ2n) is 4.71. The third-order valence-corrected chi connectivity index (χ3v) is 5.45. The van der Waals surface area contributed by atoms with Crippen LogP contribution < -0.4 is 5.32 Å². The summed E-state index contributed by atoms with van der Waals surface area (Å²) in [6.07, 6.45) is 4.58. The molecule has 0 radical (unpaired) electrons. The van der Waals surface area contributed by atoms with Crippen molar-refractivity contribution in [1.29, 1.82) is 0 Å². The van der Waals surface area contributed by atoms with Gasteiger partial charge in [0.1, 0.15) is 11.3 Å². The Morgan fingerprint density at radius 1 is 1.24 bits per heavy atom. The molecular weight excluding hydrogens is 348 g/mol. The molecule has 1 N–H and O–H groups in total. The lowest BCUT2D eigenvalue weighted by Gasteiger charge is -2.08. The molecule has 3 aromatic rings. The Labute approximate surface area is 135 Å². The van der Waals surface area contributed by atoms with Crippen LogP contribution in [-0.2, 0) is 0 Å². The fraction of sp³-hybridized carbons (Fsp3) is 0.267. The van der Waals surface area contributed by atoms with Gasteiger partial charge in [0.05, 0.1) is 9.17 Å². The first-order valence-corrected chi connectivity index (χ1v) is 8.42. The molecule has 0 saturated carbocycles. The number of nitrogens with one attached hydrogen (secondary N) is 1. The number of thiophene rings is 1. The summed E-state index contributed by atoms with van der Waals surface area (Å²) < 4.78 is 2.16. The SMILES string of the molecule is CCCNc1nc(-c2ccncc2)nc2c(Br)c(C)sc12. The molecule has 0 aliphatic heterocycles. The van der Waals surface area contributed by atoms with E-state index in [0.29, 0.717) is 0 Å². The number of hydrogen-bond donors (Lipinski definition) is 1. The summed E-state index contributed by atoms with van der Waals surface area (Å²) in [5.74, 6) is 1.63. The number of aryl methyl sites for hydroxylation is 1. The molecule has 0 bridgehead atoms. The molecule has 0 aliphatic rings. The van der Waals surface area contributed by atoms with Crippen LogP contribution >= 0.6 is 27.3 Å². The fourth-order valence-corrected chi connectivity index (χ4v) is 3.67. The molecule has 6 heteroatoms. The number of halogens is 1. The van der Waals surface area contributed by atoms with E-state index in [1.807, 2.05) is 12.1 Å². The molecule has 0 amide bonds. The largest absolute Gasteiger partial charge is 0.369 e. The molecule has 108 valence electrons. The molecular formula is C15H15BrN4S. The van der Waals surface area contributed by atoms with Crippen LogP contribution in [0.5, 0.6) is 0 Å². The van der Waals surface area contributed by atoms with Gasteiger partial charge < -0.3 is 5.32 Å². The zero-order chi connectivity index (χ0) is 14.8. The Balaban J connectivity index is 2.20. The van der Waals surface area contributed by atoms with Crippen molar-refractivity contribution in [3.8, 4) is 11.4 Å². The Bertz CT molecular complexity index is 770. The van der Waals surface area contributed by atoms with Gasteiger partial charge in [-0.3, -0.25) is 4.98 Å². The van der Waals surface area contributed by atoms with Gasteiger partial charge in [-0.15, -0.1) is 11.3 Å². The number of nitrogens with zero attached hydrogens (tertiary/aromatic N) is 3. The van der Waals surface area contributed by atoms with Crippen LogP contribution in [0.1, 0.15) is 18.2 Å². The van der Waals surface area contributed by atoms with Crippen molar-refractivity contribution in [1.82, 2.24) is 15.0 Å². The minimum atomic E-state index is 0.724. The molecule has 3 rings (SSSR count). The maximum Gasteiger partial charge on any atom is 0.162 e. The van der Waals surface area contributed by atoms with Crippen LogP contribution in [-0.4, -0.2) is 21.5 Å². The van der Waals surface area contributed by atoms with Crippen molar-refractivity contribution in [2.24, 2.45) is 0 Å². The van der Waals surface area contributed by atoms with Gasteiger partial charge in [-0.1, -0.05) is 6.92 Å². The first-order valence-electron chi connectivity index (χ1n) is 6.81. The monoisotopic (exact) mass is 362 g/mol. The number of pyridine rings is 1. The molecule has 3 aromatic heterocycles. The van der Waals surface area contributed by atoms with Gasteiger partial charge in [0, 0.05) is 29.4 Å². The Kier molecular flexibility index (Phi) is 4.17. The average Bonchev–Trinajstić information content (AvgIpc) is 2.81. The maximum atomic E-state index is 4.72. The second kappa shape index (κ2) is 6.07. The summed E-state index contributed by atoms with van der Waals surface area (Å²) in [4.78, 5) is 14.7. The van der Waals surface area contributed by atoms with E-state index in [0.717, 1.165) is 44.9 Å². The molecule has 0 unspecified atom stereocenters. The van der Waals surface area contributed by atoms with E-state index < -0.39 is 0 Å². The van der Waals surface area contributed by atoms with Crippen LogP contribution in [0.3, 0.4) is 0 Å². The number of aromatic nitrogens is 3.